The molecule has 120 valence electrons. The van der Waals surface area contributed by atoms with E-state index >= 15 is 0 Å². The number of rotatable bonds is 5. The summed E-state index contributed by atoms with van der Waals surface area (Å²) in [6.45, 7) is 5.13. The van der Waals surface area contributed by atoms with Crippen LogP contribution in [0.2, 0.25) is 0 Å². The number of halogens is 3. The van der Waals surface area contributed by atoms with Crippen molar-refractivity contribution in [2.75, 3.05) is 7.05 Å². The molecule has 1 aromatic carbocycles. The number of carbonyl (C=O) groups excluding carboxylic acids is 1. The normalized spacial score (nSPS) is 13.5. The molecule has 0 saturated heterocycles. The van der Waals surface area contributed by atoms with E-state index < -0.39 is 17.5 Å². The number of ketones is 1. The highest BCUT2D eigenvalue weighted by atomic mass is 19.4. The van der Waals surface area contributed by atoms with Crippen LogP contribution in [0.5, 0.6) is 0 Å². The first kappa shape index (κ1) is 17.9. The Morgan fingerprint density at radius 2 is 1.77 bits per heavy atom. The predicted molar refractivity (Wildman–Crippen MR) is 81.5 cm³/mol. The van der Waals surface area contributed by atoms with Crippen LogP contribution in [-0.2, 0) is 4.79 Å². The fraction of sp³-hybridized carbons (Fsp3) is 0.375. The van der Waals surface area contributed by atoms with E-state index in [0.717, 1.165) is 0 Å². The molecular weight excluding hydrogens is 293 g/mol. The van der Waals surface area contributed by atoms with Crippen molar-refractivity contribution in [3.8, 4) is 0 Å². The molecule has 0 atom stereocenters. The van der Waals surface area contributed by atoms with Gasteiger partial charge < -0.3 is 0 Å². The summed E-state index contributed by atoms with van der Waals surface area (Å²) in [5, 5.41) is 5.52. The molecule has 0 spiro atoms. The number of hydrogen-bond donors (Lipinski definition) is 0. The zero-order valence-corrected chi connectivity index (χ0v) is 13.0. The highest BCUT2D eigenvalue weighted by Gasteiger charge is 2.35. The summed E-state index contributed by atoms with van der Waals surface area (Å²) in [6, 6.07) is 7.28. The van der Waals surface area contributed by atoms with E-state index in [1.807, 2.05) is 13.8 Å². The van der Waals surface area contributed by atoms with Gasteiger partial charge in [-0.3, -0.25) is 9.80 Å². The van der Waals surface area contributed by atoms with E-state index in [9.17, 15) is 18.0 Å². The molecule has 0 aliphatic carbocycles. The van der Waals surface area contributed by atoms with Crippen molar-refractivity contribution in [1.29, 1.82) is 0 Å². The van der Waals surface area contributed by atoms with Crippen LogP contribution in [0.1, 0.15) is 26.3 Å². The average molecular weight is 312 g/mol. The lowest BCUT2D eigenvalue weighted by Gasteiger charge is -2.18. The highest BCUT2D eigenvalue weighted by molar-refractivity contribution is 6.44. The summed E-state index contributed by atoms with van der Waals surface area (Å²) in [4.78, 5) is 12.0. The van der Waals surface area contributed by atoms with Gasteiger partial charge in [0.25, 0.3) is 0 Å². The first-order chi connectivity index (χ1) is 10.1. The number of benzene rings is 1. The van der Waals surface area contributed by atoms with Crippen LogP contribution in [0, 0.1) is 0 Å². The van der Waals surface area contributed by atoms with E-state index in [1.54, 1.807) is 13.1 Å². The predicted octanol–water partition coefficient (Wildman–Crippen LogP) is 3.92. The van der Waals surface area contributed by atoms with Gasteiger partial charge in [0.15, 0.2) is 0 Å². The molecule has 0 aliphatic heterocycles. The molecular formula is C16H19F3N2O. The van der Waals surface area contributed by atoms with Crippen LogP contribution in [-0.4, -0.2) is 35.8 Å². The number of hydrazone groups is 1. The molecule has 0 bridgehead atoms. The Morgan fingerprint density at radius 1 is 1.23 bits per heavy atom. The fourth-order valence-corrected chi connectivity index (χ4v) is 1.58. The Balaban J connectivity index is 3.16. The Bertz CT molecular complexity index is 575. The monoisotopic (exact) mass is 312 g/mol. The zero-order valence-electron chi connectivity index (χ0n) is 13.0. The lowest BCUT2D eigenvalue weighted by Crippen LogP contribution is -2.24. The first-order valence-electron chi connectivity index (χ1n) is 6.79. The van der Waals surface area contributed by atoms with Gasteiger partial charge in [0.05, 0.1) is 5.57 Å². The van der Waals surface area contributed by atoms with Crippen molar-refractivity contribution >= 4 is 17.1 Å². The van der Waals surface area contributed by atoms with E-state index in [-0.39, 0.29) is 17.3 Å². The third kappa shape index (κ3) is 5.02. The molecule has 0 amide bonds. The minimum atomic E-state index is -4.61. The van der Waals surface area contributed by atoms with Crippen LogP contribution in [0.25, 0.3) is 5.57 Å². The highest BCUT2D eigenvalue weighted by Crippen LogP contribution is 2.33. The van der Waals surface area contributed by atoms with Crippen LogP contribution >= 0.6 is 0 Å². The summed E-state index contributed by atoms with van der Waals surface area (Å²) in [5.41, 5.74) is -1.01. The SMILES string of the molecule is C/C(=N\N(C)C(C)C)C(=O)/C=C(/c1ccccc1)C(F)(F)F. The third-order valence-corrected chi connectivity index (χ3v) is 3.08. The minimum absolute atomic E-state index is 0.00822. The van der Waals surface area contributed by atoms with Crippen molar-refractivity contribution in [2.45, 2.75) is 33.0 Å². The Labute approximate surface area is 128 Å². The second-order valence-electron chi connectivity index (χ2n) is 5.14. The molecule has 22 heavy (non-hydrogen) atoms. The third-order valence-electron chi connectivity index (χ3n) is 3.08. The molecule has 0 fully saturated rings. The standard InChI is InChI=1S/C16H19F3N2O/c1-11(2)21(4)20-12(3)15(22)10-14(16(17,18)19)13-8-6-5-7-9-13/h5-11H,1-4H3/b14-10-,20-12+. The van der Waals surface area contributed by atoms with Crippen molar-refractivity contribution in [2.24, 2.45) is 5.10 Å². The van der Waals surface area contributed by atoms with E-state index in [2.05, 4.69) is 5.10 Å². The molecule has 6 heteroatoms. The summed E-state index contributed by atoms with van der Waals surface area (Å²) in [7, 11) is 1.66. The van der Waals surface area contributed by atoms with Gasteiger partial charge in [-0.2, -0.15) is 18.3 Å². The first-order valence-corrected chi connectivity index (χ1v) is 6.79. The molecule has 0 aliphatic rings. The molecule has 0 saturated carbocycles. The molecule has 3 nitrogen and oxygen atoms in total. The lowest BCUT2D eigenvalue weighted by molar-refractivity contribution is -0.109. The topological polar surface area (TPSA) is 32.7 Å². The zero-order chi connectivity index (χ0) is 16.9. The Morgan fingerprint density at radius 3 is 2.23 bits per heavy atom. The van der Waals surface area contributed by atoms with Gasteiger partial charge in [0.1, 0.15) is 5.71 Å². The minimum Gasteiger partial charge on any atom is -0.297 e. The van der Waals surface area contributed by atoms with Crippen molar-refractivity contribution < 1.29 is 18.0 Å². The molecule has 0 unspecified atom stereocenters. The smallest absolute Gasteiger partial charge is 0.297 e. The van der Waals surface area contributed by atoms with E-state index in [1.165, 1.54) is 36.2 Å². The maximum absolute atomic E-state index is 13.1. The van der Waals surface area contributed by atoms with Crippen molar-refractivity contribution in [1.82, 2.24) is 5.01 Å². The number of nitrogens with zero attached hydrogens (tertiary/aromatic N) is 2. The number of hydrogen-bond acceptors (Lipinski definition) is 3. The number of allylic oxidation sites excluding steroid dienone is 2. The van der Waals surface area contributed by atoms with Gasteiger partial charge in [0, 0.05) is 19.2 Å². The molecule has 1 rings (SSSR count). The molecule has 0 heterocycles. The summed E-state index contributed by atoms with van der Waals surface area (Å²) in [6.07, 6.45) is -4.01. The van der Waals surface area contributed by atoms with E-state index in [4.69, 9.17) is 0 Å². The maximum Gasteiger partial charge on any atom is 0.417 e. The number of alkyl halides is 3. The van der Waals surface area contributed by atoms with Gasteiger partial charge in [0.2, 0.25) is 5.78 Å². The van der Waals surface area contributed by atoms with E-state index in [0.29, 0.717) is 6.08 Å². The fourth-order valence-electron chi connectivity index (χ4n) is 1.58. The summed E-state index contributed by atoms with van der Waals surface area (Å²) < 4.78 is 39.4. The molecule has 0 radical (unpaired) electrons. The average Bonchev–Trinajstić information content (AvgIpc) is 2.43. The molecule has 0 aromatic heterocycles. The Hall–Kier alpha value is -2.11. The van der Waals surface area contributed by atoms with Gasteiger partial charge in [-0.15, -0.1) is 0 Å². The van der Waals surface area contributed by atoms with Crippen LogP contribution in [0.15, 0.2) is 41.5 Å². The summed E-state index contributed by atoms with van der Waals surface area (Å²) in [5.74, 6) is -0.760. The van der Waals surface area contributed by atoms with Gasteiger partial charge >= 0.3 is 6.18 Å². The van der Waals surface area contributed by atoms with Crippen LogP contribution in [0.3, 0.4) is 0 Å². The molecule has 0 N–H and O–H groups in total. The maximum atomic E-state index is 13.1. The quantitative estimate of drug-likeness (QED) is 0.469. The van der Waals surface area contributed by atoms with Crippen LogP contribution in [0.4, 0.5) is 13.2 Å². The van der Waals surface area contributed by atoms with Crippen molar-refractivity contribution in [3.05, 3.63) is 42.0 Å². The molecule has 1 aromatic rings. The van der Waals surface area contributed by atoms with Crippen LogP contribution < -0.4 is 0 Å². The summed E-state index contributed by atoms with van der Waals surface area (Å²) >= 11 is 0. The van der Waals surface area contributed by atoms with Crippen molar-refractivity contribution in [3.63, 3.8) is 0 Å². The second-order valence-corrected chi connectivity index (χ2v) is 5.14. The largest absolute Gasteiger partial charge is 0.417 e. The van der Waals surface area contributed by atoms with Gasteiger partial charge in [-0.05, 0) is 26.3 Å². The van der Waals surface area contributed by atoms with Gasteiger partial charge in [-0.1, -0.05) is 30.3 Å². The number of carbonyl (C=O) groups is 1. The second kappa shape index (κ2) is 7.24. The Kier molecular flexibility index (Phi) is 5.91. The van der Waals surface area contributed by atoms with Gasteiger partial charge in [-0.25, -0.2) is 0 Å². The lowest BCUT2D eigenvalue weighted by atomic mass is 10.0.